The number of benzene rings is 1. The van der Waals surface area contributed by atoms with Gasteiger partial charge in [-0.1, -0.05) is 6.07 Å². The highest BCUT2D eigenvalue weighted by atomic mass is 79.9. The molecule has 2 nitrogen and oxygen atoms in total. The molecule has 74 valence electrons. The molecule has 1 aromatic carbocycles. The zero-order chi connectivity index (χ0) is 10.8. The summed E-state index contributed by atoms with van der Waals surface area (Å²) in [6.45, 7) is 6.19. The van der Waals surface area contributed by atoms with E-state index in [0.717, 1.165) is 10.2 Å². The van der Waals surface area contributed by atoms with E-state index in [1.807, 2.05) is 12.1 Å². The van der Waals surface area contributed by atoms with Crippen LogP contribution in [0.1, 0.15) is 26.3 Å². The maximum Gasteiger partial charge on any atom is 0.101 e. The normalized spacial score (nSPS) is 10.8. The molecule has 0 spiro atoms. The maximum atomic E-state index is 8.93. The second-order valence-electron chi connectivity index (χ2n) is 4.15. The van der Waals surface area contributed by atoms with Gasteiger partial charge in [-0.2, -0.15) is 5.26 Å². The Bertz CT molecular complexity index is 372. The summed E-state index contributed by atoms with van der Waals surface area (Å²) in [5.74, 6) is 0. The summed E-state index contributed by atoms with van der Waals surface area (Å²) in [6, 6.07) is 7.75. The fraction of sp³-hybridized carbons (Fsp3) is 0.364. The van der Waals surface area contributed by atoms with E-state index in [2.05, 4.69) is 48.1 Å². The van der Waals surface area contributed by atoms with Gasteiger partial charge >= 0.3 is 0 Å². The number of nitriles is 1. The van der Waals surface area contributed by atoms with Crippen molar-refractivity contribution in [2.75, 3.05) is 5.32 Å². The van der Waals surface area contributed by atoms with Crippen LogP contribution < -0.4 is 5.32 Å². The zero-order valence-corrected chi connectivity index (χ0v) is 10.1. The summed E-state index contributed by atoms with van der Waals surface area (Å²) in [6.07, 6.45) is 0. The summed E-state index contributed by atoms with van der Waals surface area (Å²) in [7, 11) is 0. The minimum absolute atomic E-state index is 0.0462. The lowest BCUT2D eigenvalue weighted by Crippen LogP contribution is -2.26. The number of hydrogen-bond donors (Lipinski definition) is 1. The van der Waals surface area contributed by atoms with Gasteiger partial charge in [0.15, 0.2) is 0 Å². The number of nitrogens with one attached hydrogen (secondary N) is 1. The molecule has 14 heavy (non-hydrogen) atoms. The van der Waals surface area contributed by atoms with Crippen molar-refractivity contribution in [3.63, 3.8) is 0 Å². The van der Waals surface area contributed by atoms with Crippen molar-refractivity contribution in [1.82, 2.24) is 0 Å². The van der Waals surface area contributed by atoms with Crippen molar-refractivity contribution in [1.29, 1.82) is 5.26 Å². The van der Waals surface area contributed by atoms with Crippen LogP contribution in [-0.2, 0) is 0 Å². The molecule has 0 amide bonds. The lowest BCUT2D eigenvalue weighted by atomic mass is 10.1. The highest BCUT2D eigenvalue weighted by Crippen LogP contribution is 2.28. The summed E-state index contributed by atoms with van der Waals surface area (Å²) < 4.78 is 0.923. The predicted molar refractivity (Wildman–Crippen MR) is 62.2 cm³/mol. The Kier molecular flexibility index (Phi) is 3.17. The summed E-state index contributed by atoms with van der Waals surface area (Å²) in [5.41, 5.74) is 1.48. The van der Waals surface area contributed by atoms with Crippen molar-refractivity contribution in [2.24, 2.45) is 0 Å². The first-order valence-electron chi connectivity index (χ1n) is 4.41. The number of rotatable bonds is 1. The van der Waals surface area contributed by atoms with E-state index in [1.165, 1.54) is 0 Å². The van der Waals surface area contributed by atoms with E-state index in [9.17, 15) is 0 Å². The number of hydrogen-bond acceptors (Lipinski definition) is 2. The minimum atomic E-state index is -0.0462. The predicted octanol–water partition coefficient (Wildman–Crippen LogP) is 3.53. The molecule has 0 bridgehead atoms. The molecule has 0 fully saturated rings. The number of para-hydroxylation sites is 1. The molecule has 1 N–H and O–H groups in total. The third-order valence-electron chi connectivity index (χ3n) is 1.63. The van der Waals surface area contributed by atoms with Gasteiger partial charge < -0.3 is 5.32 Å². The molecule has 0 saturated carbocycles. The standard InChI is InChI=1S/C11H13BrN2/c1-11(2,3)14-10-8(7-13)5-4-6-9(10)12/h4-6,14H,1-3H3. The van der Waals surface area contributed by atoms with Gasteiger partial charge in [0.1, 0.15) is 6.07 Å². The smallest absolute Gasteiger partial charge is 0.101 e. The molecule has 0 radical (unpaired) electrons. The van der Waals surface area contributed by atoms with E-state index in [1.54, 1.807) is 6.07 Å². The molecule has 0 aromatic heterocycles. The van der Waals surface area contributed by atoms with Crippen LogP contribution >= 0.6 is 15.9 Å². The molecule has 0 aliphatic heterocycles. The maximum absolute atomic E-state index is 8.93. The van der Waals surface area contributed by atoms with Crippen LogP contribution in [-0.4, -0.2) is 5.54 Å². The Labute approximate surface area is 93.1 Å². The second kappa shape index (κ2) is 4.02. The van der Waals surface area contributed by atoms with E-state index >= 15 is 0 Å². The molecule has 1 aromatic rings. The van der Waals surface area contributed by atoms with Crippen LogP contribution in [0.5, 0.6) is 0 Å². The Hall–Kier alpha value is -1.01. The highest BCUT2D eigenvalue weighted by Gasteiger charge is 2.14. The van der Waals surface area contributed by atoms with E-state index in [0.29, 0.717) is 5.56 Å². The van der Waals surface area contributed by atoms with E-state index in [-0.39, 0.29) is 5.54 Å². The number of halogens is 1. The van der Waals surface area contributed by atoms with Crippen LogP contribution in [0.2, 0.25) is 0 Å². The first-order valence-corrected chi connectivity index (χ1v) is 5.20. The molecule has 0 aliphatic rings. The van der Waals surface area contributed by atoms with Crippen LogP contribution in [0.25, 0.3) is 0 Å². The molecular formula is C11H13BrN2. The summed E-state index contributed by atoms with van der Waals surface area (Å²) in [4.78, 5) is 0. The highest BCUT2D eigenvalue weighted by molar-refractivity contribution is 9.10. The third-order valence-corrected chi connectivity index (χ3v) is 2.29. The topological polar surface area (TPSA) is 35.8 Å². The first-order chi connectivity index (χ1) is 6.44. The third kappa shape index (κ3) is 2.74. The lowest BCUT2D eigenvalue weighted by molar-refractivity contribution is 0.633. The largest absolute Gasteiger partial charge is 0.378 e. The average molecular weight is 253 g/mol. The molecule has 3 heteroatoms. The fourth-order valence-corrected chi connectivity index (χ4v) is 1.58. The molecule has 0 atom stereocenters. The molecule has 0 unspecified atom stereocenters. The molecule has 0 saturated heterocycles. The van der Waals surface area contributed by atoms with Crippen LogP contribution in [0, 0.1) is 11.3 Å². The van der Waals surface area contributed by atoms with Crippen molar-refractivity contribution in [2.45, 2.75) is 26.3 Å². The molecule has 0 heterocycles. The van der Waals surface area contributed by atoms with Gasteiger partial charge in [-0.15, -0.1) is 0 Å². The van der Waals surface area contributed by atoms with Crippen molar-refractivity contribution >= 4 is 21.6 Å². The summed E-state index contributed by atoms with van der Waals surface area (Å²) >= 11 is 3.43. The number of nitrogens with zero attached hydrogens (tertiary/aromatic N) is 1. The van der Waals surface area contributed by atoms with E-state index in [4.69, 9.17) is 5.26 Å². The summed E-state index contributed by atoms with van der Waals surface area (Å²) in [5, 5.41) is 12.2. The fourth-order valence-electron chi connectivity index (χ4n) is 1.12. The van der Waals surface area contributed by atoms with E-state index < -0.39 is 0 Å². The number of anilines is 1. The first kappa shape index (κ1) is 11.1. The Balaban J connectivity index is 3.13. The van der Waals surface area contributed by atoms with Gasteiger partial charge in [0.25, 0.3) is 0 Å². The SMILES string of the molecule is CC(C)(C)Nc1c(Br)cccc1C#N. The van der Waals surface area contributed by atoms with Gasteiger partial charge in [-0.05, 0) is 48.8 Å². The van der Waals surface area contributed by atoms with Gasteiger partial charge in [-0.3, -0.25) is 0 Å². The quantitative estimate of drug-likeness (QED) is 0.830. The van der Waals surface area contributed by atoms with Gasteiger partial charge in [0.2, 0.25) is 0 Å². The van der Waals surface area contributed by atoms with Gasteiger partial charge in [0, 0.05) is 10.0 Å². The van der Waals surface area contributed by atoms with Crippen LogP contribution in [0.4, 0.5) is 5.69 Å². The monoisotopic (exact) mass is 252 g/mol. The minimum Gasteiger partial charge on any atom is -0.378 e. The zero-order valence-electron chi connectivity index (χ0n) is 8.56. The van der Waals surface area contributed by atoms with Gasteiger partial charge in [-0.25, -0.2) is 0 Å². The van der Waals surface area contributed by atoms with Crippen molar-refractivity contribution in [3.8, 4) is 6.07 Å². The van der Waals surface area contributed by atoms with Crippen LogP contribution in [0.15, 0.2) is 22.7 Å². The molecule has 0 aliphatic carbocycles. The van der Waals surface area contributed by atoms with Gasteiger partial charge in [0.05, 0.1) is 11.3 Å². The lowest BCUT2D eigenvalue weighted by Gasteiger charge is -2.23. The second-order valence-corrected chi connectivity index (χ2v) is 5.00. The molecular weight excluding hydrogens is 240 g/mol. The van der Waals surface area contributed by atoms with Crippen LogP contribution in [0.3, 0.4) is 0 Å². The Morgan fingerprint density at radius 1 is 1.36 bits per heavy atom. The Morgan fingerprint density at radius 3 is 2.50 bits per heavy atom. The van der Waals surface area contributed by atoms with Crippen molar-refractivity contribution < 1.29 is 0 Å². The Morgan fingerprint density at radius 2 is 2.00 bits per heavy atom. The average Bonchev–Trinajstić information content (AvgIpc) is 2.06. The molecule has 1 rings (SSSR count). The van der Waals surface area contributed by atoms with Crippen molar-refractivity contribution in [3.05, 3.63) is 28.2 Å².